The first-order chi connectivity index (χ1) is 16.3. The molecule has 5 nitrogen and oxygen atoms in total. The molecule has 0 saturated heterocycles. The van der Waals surface area contributed by atoms with Gasteiger partial charge in [0, 0.05) is 40.6 Å². The minimum absolute atomic E-state index is 0.238. The maximum atomic E-state index is 10.1. The number of nitrogens with two attached hydrogens (primary N) is 1. The molecule has 1 fully saturated rings. The van der Waals surface area contributed by atoms with Crippen molar-refractivity contribution in [3.63, 3.8) is 0 Å². The van der Waals surface area contributed by atoms with E-state index in [1.807, 2.05) is 30.8 Å². The molecule has 2 heterocycles. The molecule has 180 valence electrons. The molecule has 6 heteroatoms. The van der Waals surface area contributed by atoms with Crippen LogP contribution in [-0.4, -0.2) is 14.3 Å². The van der Waals surface area contributed by atoms with Gasteiger partial charge in [-0.1, -0.05) is 31.4 Å². The van der Waals surface area contributed by atoms with Crippen LogP contribution in [0.4, 0.5) is 0 Å². The van der Waals surface area contributed by atoms with Crippen LogP contribution in [0.3, 0.4) is 0 Å². The first kappa shape index (κ1) is 24.6. The minimum Gasteiger partial charge on any atom is -0.343 e. The molecule has 3 aromatic rings. The van der Waals surface area contributed by atoms with Crippen molar-refractivity contribution in [3.05, 3.63) is 47.8 Å². The van der Waals surface area contributed by atoms with E-state index >= 15 is 0 Å². The normalized spacial score (nSPS) is 15.1. The summed E-state index contributed by atoms with van der Waals surface area (Å²) in [7, 11) is 0. The predicted molar refractivity (Wildman–Crippen MR) is 141 cm³/mol. The van der Waals surface area contributed by atoms with Gasteiger partial charge in [0.05, 0.1) is 17.2 Å². The third-order valence-corrected chi connectivity index (χ3v) is 7.98. The van der Waals surface area contributed by atoms with Gasteiger partial charge < -0.3 is 4.57 Å². The molecule has 1 aliphatic carbocycles. The Morgan fingerprint density at radius 3 is 2.53 bits per heavy atom. The fraction of sp³-hybridized carbons (Fsp3) is 0.500. The summed E-state index contributed by atoms with van der Waals surface area (Å²) in [5.41, 5.74) is 6.06. The highest BCUT2D eigenvalue weighted by Gasteiger charge is 2.27. The Bertz CT molecular complexity index is 1190. The Hall–Kier alpha value is -2.49. The zero-order chi connectivity index (χ0) is 24.5. The Kier molecular flexibility index (Phi) is 7.25. The summed E-state index contributed by atoms with van der Waals surface area (Å²) in [6.07, 6.45) is 8.46. The van der Waals surface area contributed by atoms with Crippen molar-refractivity contribution in [2.24, 2.45) is 11.1 Å². The van der Waals surface area contributed by atoms with E-state index in [1.54, 1.807) is 0 Å². The topological polar surface area (TPSA) is 72.6 Å². The van der Waals surface area contributed by atoms with Crippen molar-refractivity contribution < 1.29 is 0 Å². The SMILES string of the molecule is Cc1c(SN)cc(-c2ccc(-c3ccnn3C(C)C)c(C(C)(C)C#N)c2)n1CC1CCCCC1. The maximum Gasteiger partial charge on any atom is 0.0773 e. The van der Waals surface area contributed by atoms with Crippen LogP contribution in [0.1, 0.15) is 77.1 Å². The molecule has 2 N–H and O–H groups in total. The number of rotatable bonds is 7. The Morgan fingerprint density at radius 1 is 1.15 bits per heavy atom. The van der Waals surface area contributed by atoms with E-state index in [0.29, 0.717) is 5.92 Å². The fourth-order valence-electron chi connectivity index (χ4n) is 5.29. The predicted octanol–water partition coefficient (Wildman–Crippen LogP) is 7.26. The van der Waals surface area contributed by atoms with Gasteiger partial charge in [0.2, 0.25) is 0 Å². The lowest BCUT2D eigenvalue weighted by Gasteiger charge is -2.25. The number of hydrogen-bond donors (Lipinski definition) is 1. The Balaban J connectivity index is 1.85. The number of nitrogens with zero attached hydrogens (tertiary/aromatic N) is 4. The zero-order valence-corrected chi connectivity index (χ0v) is 22.0. The van der Waals surface area contributed by atoms with Crippen LogP contribution in [-0.2, 0) is 12.0 Å². The van der Waals surface area contributed by atoms with E-state index in [1.165, 1.54) is 55.4 Å². The summed E-state index contributed by atoms with van der Waals surface area (Å²) in [4.78, 5) is 1.12. The molecule has 0 atom stereocenters. The molecule has 0 unspecified atom stereocenters. The van der Waals surface area contributed by atoms with Gasteiger partial charge in [-0.3, -0.25) is 9.82 Å². The highest BCUT2D eigenvalue weighted by molar-refractivity contribution is 7.97. The van der Waals surface area contributed by atoms with Crippen molar-refractivity contribution in [1.29, 1.82) is 5.26 Å². The van der Waals surface area contributed by atoms with E-state index in [0.717, 1.165) is 33.8 Å². The summed E-state index contributed by atoms with van der Waals surface area (Å²) in [5.74, 6) is 0.712. The van der Waals surface area contributed by atoms with Crippen molar-refractivity contribution in [2.75, 3.05) is 0 Å². The number of hydrogen-bond acceptors (Lipinski definition) is 4. The molecule has 0 aliphatic heterocycles. The summed E-state index contributed by atoms with van der Waals surface area (Å²) in [6.45, 7) is 11.5. The van der Waals surface area contributed by atoms with Crippen LogP contribution in [0.25, 0.3) is 22.5 Å². The molecule has 0 radical (unpaired) electrons. The smallest absolute Gasteiger partial charge is 0.0773 e. The van der Waals surface area contributed by atoms with Gasteiger partial charge in [-0.15, -0.1) is 0 Å². The van der Waals surface area contributed by atoms with Crippen LogP contribution in [0.15, 0.2) is 41.4 Å². The third-order valence-electron chi connectivity index (χ3n) is 7.32. The molecule has 1 aromatic carbocycles. The van der Waals surface area contributed by atoms with E-state index < -0.39 is 5.41 Å². The van der Waals surface area contributed by atoms with Crippen molar-refractivity contribution in [1.82, 2.24) is 14.3 Å². The molecule has 0 spiro atoms. The second-order valence-electron chi connectivity index (χ2n) is 10.5. The van der Waals surface area contributed by atoms with E-state index in [-0.39, 0.29) is 6.04 Å². The lowest BCUT2D eigenvalue weighted by atomic mass is 9.81. The highest BCUT2D eigenvalue weighted by atomic mass is 32.2. The fourth-order valence-corrected chi connectivity index (χ4v) is 5.75. The highest BCUT2D eigenvalue weighted by Crippen LogP contribution is 2.39. The Morgan fingerprint density at radius 2 is 1.88 bits per heavy atom. The Labute approximate surface area is 208 Å². The quantitative estimate of drug-likeness (QED) is 0.365. The molecule has 0 bridgehead atoms. The van der Waals surface area contributed by atoms with Gasteiger partial charge in [-0.25, -0.2) is 0 Å². The second-order valence-corrected chi connectivity index (χ2v) is 11.1. The zero-order valence-electron chi connectivity index (χ0n) is 21.1. The summed E-state index contributed by atoms with van der Waals surface area (Å²) in [5, 5.41) is 20.7. The first-order valence-electron chi connectivity index (χ1n) is 12.4. The molecular weight excluding hydrogens is 438 g/mol. The molecule has 2 aromatic heterocycles. The third kappa shape index (κ3) is 4.69. The average molecular weight is 476 g/mol. The van der Waals surface area contributed by atoms with Gasteiger partial charge in [0.25, 0.3) is 0 Å². The van der Waals surface area contributed by atoms with Gasteiger partial charge in [-0.05, 0) is 94.7 Å². The number of aromatic nitrogens is 3. The van der Waals surface area contributed by atoms with Gasteiger partial charge >= 0.3 is 0 Å². The van der Waals surface area contributed by atoms with E-state index in [9.17, 15) is 5.26 Å². The lowest BCUT2D eigenvalue weighted by molar-refractivity contribution is 0.318. The average Bonchev–Trinajstić information content (AvgIpc) is 3.45. The summed E-state index contributed by atoms with van der Waals surface area (Å²) in [6, 6.07) is 13.6. The molecular formula is C28H37N5S. The van der Waals surface area contributed by atoms with Crippen LogP contribution < -0.4 is 5.14 Å². The van der Waals surface area contributed by atoms with Crippen LogP contribution in [0.5, 0.6) is 0 Å². The van der Waals surface area contributed by atoms with Gasteiger partial charge in [0.15, 0.2) is 0 Å². The van der Waals surface area contributed by atoms with Crippen LogP contribution >= 0.6 is 11.9 Å². The van der Waals surface area contributed by atoms with Crippen molar-refractivity contribution in [3.8, 4) is 28.6 Å². The van der Waals surface area contributed by atoms with Gasteiger partial charge in [-0.2, -0.15) is 10.4 Å². The summed E-state index contributed by atoms with van der Waals surface area (Å²) >= 11 is 1.32. The number of nitriles is 1. The maximum absolute atomic E-state index is 10.1. The van der Waals surface area contributed by atoms with Crippen LogP contribution in [0.2, 0.25) is 0 Å². The standard InChI is InChI=1S/C28H37N5S/c1-19(2)33-25(13-14-31-33)23-12-11-22(15-24(23)28(4,5)18-29)26-16-27(34-30)20(3)32(26)17-21-9-7-6-8-10-21/h11-16,19,21H,6-10,17,30H2,1-5H3. The van der Waals surface area contributed by atoms with E-state index in [4.69, 9.17) is 5.14 Å². The van der Waals surface area contributed by atoms with Crippen LogP contribution in [0, 0.1) is 24.2 Å². The van der Waals surface area contributed by atoms with Crippen molar-refractivity contribution >= 4 is 11.9 Å². The monoisotopic (exact) mass is 475 g/mol. The minimum atomic E-state index is -0.640. The second kappa shape index (κ2) is 10.0. The molecule has 34 heavy (non-hydrogen) atoms. The van der Waals surface area contributed by atoms with Crippen molar-refractivity contribution in [2.45, 2.75) is 89.6 Å². The molecule has 1 aliphatic rings. The van der Waals surface area contributed by atoms with E-state index in [2.05, 4.69) is 60.8 Å². The lowest BCUT2D eigenvalue weighted by Crippen LogP contribution is -2.18. The first-order valence-corrected chi connectivity index (χ1v) is 13.3. The van der Waals surface area contributed by atoms with Gasteiger partial charge in [0.1, 0.15) is 0 Å². The number of benzene rings is 1. The molecule has 1 saturated carbocycles. The summed E-state index contributed by atoms with van der Waals surface area (Å²) < 4.78 is 4.49. The largest absolute Gasteiger partial charge is 0.343 e. The molecule has 0 amide bonds. The molecule has 4 rings (SSSR count).